The zero-order chi connectivity index (χ0) is 24.0. The molecular formula is C26H31FO7. The van der Waals surface area contributed by atoms with Gasteiger partial charge in [0.05, 0.1) is 44.2 Å². The van der Waals surface area contributed by atoms with E-state index in [0.717, 1.165) is 32.5 Å². The van der Waals surface area contributed by atoms with E-state index in [1.165, 1.54) is 12.1 Å². The molecule has 2 aromatic carbocycles. The average Bonchev–Trinajstić information content (AvgIpc) is 3.74. The van der Waals surface area contributed by atoms with E-state index in [9.17, 15) is 9.18 Å². The molecular weight excluding hydrogens is 443 g/mol. The fraction of sp³-hybridized carbons (Fsp3) is 0.500. The van der Waals surface area contributed by atoms with Gasteiger partial charge in [0.25, 0.3) is 0 Å². The largest absolute Gasteiger partial charge is 0.493 e. The lowest BCUT2D eigenvalue weighted by Crippen LogP contribution is -2.15. The molecule has 2 saturated heterocycles. The predicted molar refractivity (Wildman–Crippen MR) is 122 cm³/mol. The Bertz CT molecular complexity index is 968. The molecule has 2 unspecified atom stereocenters. The Balaban J connectivity index is 1.16. The van der Waals surface area contributed by atoms with Gasteiger partial charge in [0, 0.05) is 19.1 Å². The van der Waals surface area contributed by atoms with Crippen molar-refractivity contribution in [2.75, 3.05) is 39.6 Å². The van der Waals surface area contributed by atoms with Gasteiger partial charge in [0.1, 0.15) is 17.1 Å². The smallest absolute Gasteiger partial charge is 0.343 e. The highest BCUT2D eigenvalue weighted by atomic mass is 19.1. The highest BCUT2D eigenvalue weighted by Crippen LogP contribution is 2.30. The number of benzene rings is 2. The third-order valence-electron chi connectivity index (χ3n) is 5.73. The zero-order valence-corrected chi connectivity index (χ0v) is 19.6. The Hall–Kier alpha value is -2.68. The van der Waals surface area contributed by atoms with Crippen LogP contribution in [0, 0.1) is 5.82 Å². The second-order valence-electron chi connectivity index (χ2n) is 9.19. The minimum Gasteiger partial charge on any atom is -0.493 e. The van der Waals surface area contributed by atoms with Crippen molar-refractivity contribution in [2.45, 2.75) is 44.3 Å². The van der Waals surface area contributed by atoms with E-state index in [1.807, 2.05) is 13.8 Å². The van der Waals surface area contributed by atoms with Crippen LogP contribution in [0.1, 0.15) is 43.5 Å². The number of hydrogen-bond acceptors (Lipinski definition) is 7. The summed E-state index contributed by atoms with van der Waals surface area (Å²) in [7, 11) is 0. The fourth-order valence-corrected chi connectivity index (χ4v) is 3.14. The topological polar surface area (TPSA) is 79.1 Å². The lowest BCUT2D eigenvalue weighted by Gasteiger charge is -2.10. The molecule has 0 spiro atoms. The molecule has 2 fully saturated rings. The van der Waals surface area contributed by atoms with Crippen molar-refractivity contribution in [2.24, 2.45) is 0 Å². The SMILES string of the molecule is CC1(CCOc2ccc(C(=O)Oc3ccc(OCCCCOCC4(C)CO4)cc3F)cc2)CO1. The number of unbranched alkanes of at least 4 members (excludes halogenated alkanes) is 1. The standard InChI is InChI=1S/C26H31FO7/c1-25(17-32-25)11-14-31-20-7-5-19(6-8-20)24(28)34-23-10-9-21(15-22(23)27)30-13-4-3-12-29-16-26(2)18-33-26/h5-10,15H,3-4,11-14,16-18H2,1-2H3. The summed E-state index contributed by atoms with van der Waals surface area (Å²) < 4.78 is 47.0. The first-order valence-corrected chi connectivity index (χ1v) is 11.6. The van der Waals surface area contributed by atoms with Crippen LogP contribution in [0.5, 0.6) is 17.2 Å². The van der Waals surface area contributed by atoms with Crippen LogP contribution >= 0.6 is 0 Å². The third kappa shape index (κ3) is 7.41. The molecule has 0 N–H and O–H groups in total. The molecule has 2 atom stereocenters. The van der Waals surface area contributed by atoms with E-state index in [1.54, 1.807) is 30.3 Å². The van der Waals surface area contributed by atoms with Gasteiger partial charge in [-0.1, -0.05) is 0 Å². The van der Waals surface area contributed by atoms with Crippen LogP contribution in [-0.2, 0) is 14.2 Å². The number of epoxide rings is 2. The summed E-state index contributed by atoms with van der Waals surface area (Å²) >= 11 is 0. The fourth-order valence-electron chi connectivity index (χ4n) is 3.14. The number of halogens is 1. The number of esters is 1. The van der Waals surface area contributed by atoms with E-state index in [0.29, 0.717) is 43.5 Å². The number of carbonyl (C=O) groups excluding carboxylic acids is 1. The first-order chi connectivity index (χ1) is 16.3. The van der Waals surface area contributed by atoms with Crippen LogP contribution in [0.2, 0.25) is 0 Å². The quantitative estimate of drug-likeness (QED) is 0.172. The summed E-state index contributed by atoms with van der Waals surface area (Å²) in [5.74, 6) is -0.444. The van der Waals surface area contributed by atoms with Crippen LogP contribution in [0.3, 0.4) is 0 Å². The minimum absolute atomic E-state index is 0.0621. The van der Waals surface area contributed by atoms with Crippen molar-refractivity contribution in [3.05, 3.63) is 53.8 Å². The summed E-state index contributed by atoms with van der Waals surface area (Å²) in [5, 5.41) is 0. The number of rotatable bonds is 14. The van der Waals surface area contributed by atoms with E-state index in [2.05, 4.69) is 0 Å². The van der Waals surface area contributed by atoms with E-state index < -0.39 is 11.8 Å². The Morgan fingerprint density at radius 3 is 2.24 bits per heavy atom. The molecule has 0 amide bonds. The maximum Gasteiger partial charge on any atom is 0.343 e. The molecule has 2 aromatic rings. The normalized spacial score (nSPS) is 22.8. The van der Waals surface area contributed by atoms with Gasteiger partial charge in [-0.2, -0.15) is 0 Å². The highest BCUT2D eigenvalue weighted by Gasteiger charge is 2.39. The minimum atomic E-state index is -0.664. The van der Waals surface area contributed by atoms with Gasteiger partial charge >= 0.3 is 5.97 Å². The predicted octanol–water partition coefficient (Wildman–Crippen LogP) is 4.57. The Labute approximate surface area is 199 Å². The maximum absolute atomic E-state index is 14.4. The van der Waals surface area contributed by atoms with Gasteiger partial charge < -0.3 is 28.4 Å². The molecule has 0 bridgehead atoms. The molecule has 34 heavy (non-hydrogen) atoms. The highest BCUT2D eigenvalue weighted by molar-refractivity contribution is 5.91. The van der Waals surface area contributed by atoms with E-state index in [-0.39, 0.29) is 17.0 Å². The average molecular weight is 475 g/mol. The summed E-state index contributed by atoms with van der Waals surface area (Å²) in [4.78, 5) is 12.4. The van der Waals surface area contributed by atoms with Crippen LogP contribution in [0.25, 0.3) is 0 Å². The van der Waals surface area contributed by atoms with Crippen LogP contribution in [0.4, 0.5) is 4.39 Å². The van der Waals surface area contributed by atoms with Gasteiger partial charge in [0.15, 0.2) is 11.6 Å². The first kappa shape index (κ1) is 24.4. The molecule has 0 saturated carbocycles. The Morgan fingerprint density at radius 1 is 0.912 bits per heavy atom. The first-order valence-electron chi connectivity index (χ1n) is 11.6. The lowest BCUT2D eigenvalue weighted by molar-refractivity contribution is 0.0727. The van der Waals surface area contributed by atoms with E-state index >= 15 is 0 Å². The summed E-state index contributed by atoms with van der Waals surface area (Å²) in [6.07, 6.45) is 2.42. The van der Waals surface area contributed by atoms with Crippen LogP contribution < -0.4 is 14.2 Å². The zero-order valence-electron chi connectivity index (χ0n) is 19.6. The molecule has 0 radical (unpaired) electrons. The monoisotopic (exact) mass is 474 g/mol. The Kier molecular flexibility index (Phi) is 7.70. The van der Waals surface area contributed by atoms with Crippen molar-refractivity contribution >= 4 is 5.97 Å². The van der Waals surface area contributed by atoms with Gasteiger partial charge in [0.2, 0.25) is 0 Å². The number of hydrogen-bond donors (Lipinski definition) is 0. The molecule has 2 aliphatic rings. The maximum atomic E-state index is 14.4. The number of carbonyl (C=O) groups is 1. The molecule has 2 heterocycles. The van der Waals surface area contributed by atoms with Crippen LogP contribution in [-0.4, -0.2) is 56.8 Å². The summed E-state index contributed by atoms with van der Waals surface area (Å²) in [6, 6.07) is 10.7. The van der Waals surface area contributed by atoms with Gasteiger partial charge in [-0.25, -0.2) is 9.18 Å². The summed E-state index contributed by atoms with van der Waals surface area (Å²) in [5.41, 5.74) is 0.142. The van der Waals surface area contributed by atoms with Crippen molar-refractivity contribution < 1.29 is 37.6 Å². The van der Waals surface area contributed by atoms with Crippen molar-refractivity contribution in [1.82, 2.24) is 0 Å². The van der Waals surface area contributed by atoms with E-state index in [4.69, 9.17) is 28.4 Å². The van der Waals surface area contributed by atoms with Crippen molar-refractivity contribution in [3.8, 4) is 17.2 Å². The number of ether oxygens (including phenoxy) is 6. The molecule has 2 aliphatic heterocycles. The van der Waals surface area contributed by atoms with Crippen molar-refractivity contribution in [3.63, 3.8) is 0 Å². The second kappa shape index (κ2) is 10.7. The second-order valence-corrected chi connectivity index (χ2v) is 9.19. The lowest BCUT2D eigenvalue weighted by atomic mass is 10.1. The Morgan fingerprint density at radius 2 is 1.56 bits per heavy atom. The molecule has 0 aromatic heterocycles. The molecule has 7 nitrogen and oxygen atoms in total. The van der Waals surface area contributed by atoms with Gasteiger partial charge in [-0.05, 0) is 63.1 Å². The van der Waals surface area contributed by atoms with Crippen LogP contribution in [0.15, 0.2) is 42.5 Å². The molecule has 4 rings (SSSR count). The van der Waals surface area contributed by atoms with Crippen molar-refractivity contribution in [1.29, 1.82) is 0 Å². The summed E-state index contributed by atoms with van der Waals surface area (Å²) in [6.45, 7) is 7.78. The third-order valence-corrected chi connectivity index (χ3v) is 5.73. The van der Waals surface area contributed by atoms with Gasteiger partial charge in [-0.15, -0.1) is 0 Å². The molecule has 8 heteroatoms. The molecule has 0 aliphatic carbocycles. The molecule has 184 valence electrons. The van der Waals surface area contributed by atoms with Gasteiger partial charge in [-0.3, -0.25) is 0 Å².